The Morgan fingerprint density at radius 2 is 1.56 bits per heavy atom. The highest BCUT2D eigenvalue weighted by Gasteiger charge is 2.41. The van der Waals surface area contributed by atoms with Crippen LogP contribution in [0.25, 0.3) is 0 Å². The highest BCUT2D eigenvalue weighted by atomic mass is 32.1. The van der Waals surface area contributed by atoms with Crippen LogP contribution >= 0.6 is 11.3 Å². The van der Waals surface area contributed by atoms with Crippen LogP contribution in [0, 0.1) is 24.7 Å². The summed E-state index contributed by atoms with van der Waals surface area (Å²) in [5.41, 5.74) is 0.185. The van der Waals surface area contributed by atoms with Crippen LogP contribution in [0.1, 0.15) is 92.9 Å². The van der Waals surface area contributed by atoms with Gasteiger partial charge >= 0.3 is 0 Å². The average Bonchev–Trinajstić information content (AvgIpc) is 3.95. The molecule has 17 nitrogen and oxygen atoms in total. The van der Waals surface area contributed by atoms with Gasteiger partial charge in [0.05, 0.1) is 96.0 Å². The van der Waals surface area contributed by atoms with Crippen molar-refractivity contribution in [3.8, 4) is 0 Å². The first kappa shape index (κ1) is 63.3. The predicted molar refractivity (Wildman–Crippen MR) is 255 cm³/mol. The van der Waals surface area contributed by atoms with Crippen LogP contribution in [0.2, 0.25) is 0 Å². The minimum Gasteiger partial charge on any atom is -0.395 e. The van der Waals surface area contributed by atoms with E-state index in [-0.39, 0.29) is 67.4 Å². The molecular weight excluding hydrogens is 845 g/mol. The van der Waals surface area contributed by atoms with Crippen LogP contribution in [-0.4, -0.2) is 181 Å². The Labute approximate surface area is 390 Å². The monoisotopic (exact) mass is 935 g/mol. The van der Waals surface area contributed by atoms with Gasteiger partial charge in [0, 0.05) is 51.3 Å². The molecule has 1 aliphatic heterocycles. The van der Waals surface area contributed by atoms with Crippen LogP contribution in [-0.2, 0) is 47.7 Å². The Hall–Kier alpha value is -2.78. The maximum atomic E-state index is 13.5. The van der Waals surface area contributed by atoms with E-state index in [1.807, 2.05) is 13.8 Å². The molecule has 6 unspecified atom stereocenters. The van der Waals surface area contributed by atoms with Crippen LogP contribution in [0.3, 0.4) is 0 Å². The molecule has 64 heavy (non-hydrogen) atoms. The van der Waals surface area contributed by atoms with Crippen LogP contribution in [0.5, 0.6) is 0 Å². The molecule has 6 atom stereocenters. The molecule has 0 radical (unpaired) electrons. The van der Waals surface area contributed by atoms with Gasteiger partial charge in [-0.25, -0.2) is 5.90 Å². The number of hydrogen-bond donors (Lipinski definition) is 4. The van der Waals surface area contributed by atoms with E-state index < -0.39 is 18.1 Å². The third kappa shape index (κ3) is 29.0. The average molecular weight is 935 g/mol. The molecule has 0 spiro atoms. The number of thiophene rings is 1. The van der Waals surface area contributed by atoms with Crippen LogP contribution in [0.4, 0.5) is 0 Å². The second kappa shape index (κ2) is 38.3. The Balaban J connectivity index is 0. The number of nitrogens with two attached hydrogens (primary N) is 1. The van der Waals surface area contributed by atoms with Crippen LogP contribution in [0.15, 0.2) is 17.5 Å². The number of aryl methyl sites for hydroxylation is 1. The fraction of sp³-hybridized carbons (Fsp3) is 0.826. The maximum Gasteiger partial charge on any atom is 0.242 e. The summed E-state index contributed by atoms with van der Waals surface area (Å²) in [5, 5.41) is 16.1. The SMILES string of the molecule is CC(C)C.CCC(C)C(C(CC(=O)N1CCCC1C(OC)C(C)C(=O)NCCO)OC)N(C)C(=O)CNC=O.CN(CCOCCOCCOCCON)C(C)(C)C.Cc1cccs1. The van der Waals surface area contributed by atoms with E-state index in [0.717, 1.165) is 31.9 Å². The zero-order valence-electron chi connectivity index (χ0n) is 42.0. The fourth-order valence-corrected chi connectivity index (χ4v) is 6.99. The highest BCUT2D eigenvalue weighted by molar-refractivity contribution is 7.09. The number of ether oxygens (including phenoxy) is 5. The number of carbonyl (C=O) groups excluding carboxylic acids is 4. The summed E-state index contributed by atoms with van der Waals surface area (Å²) in [5.74, 6) is 4.61. The van der Waals surface area contributed by atoms with Gasteiger partial charge in [-0.2, -0.15) is 0 Å². The van der Waals surface area contributed by atoms with Gasteiger partial charge in [-0.3, -0.25) is 24.1 Å². The summed E-state index contributed by atoms with van der Waals surface area (Å²) in [6, 6.07) is 3.53. The van der Waals surface area contributed by atoms with Gasteiger partial charge in [0.15, 0.2) is 0 Å². The van der Waals surface area contributed by atoms with E-state index in [4.69, 9.17) is 34.7 Å². The van der Waals surface area contributed by atoms with Crippen molar-refractivity contribution >= 4 is 35.5 Å². The molecule has 2 heterocycles. The second-order valence-corrected chi connectivity index (χ2v) is 18.6. The van der Waals surface area contributed by atoms with Crippen molar-refractivity contribution in [2.24, 2.45) is 23.7 Å². The minimum atomic E-state index is -0.546. The molecule has 5 N–H and O–H groups in total. The van der Waals surface area contributed by atoms with Gasteiger partial charge in [0.25, 0.3) is 0 Å². The molecule has 0 aliphatic carbocycles. The summed E-state index contributed by atoms with van der Waals surface area (Å²) in [4.78, 5) is 60.5. The lowest BCUT2D eigenvalue weighted by atomic mass is 9.90. The van der Waals surface area contributed by atoms with Crippen molar-refractivity contribution in [1.29, 1.82) is 0 Å². The molecule has 2 rings (SSSR count). The highest BCUT2D eigenvalue weighted by Crippen LogP contribution is 2.29. The van der Waals surface area contributed by atoms with Crippen molar-refractivity contribution in [3.05, 3.63) is 22.4 Å². The number of likely N-dealkylation sites (N-methyl/N-ethyl adjacent to an activating group) is 2. The number of likely N-dealkylation sites (tertiary alicyclic amines) is 1. The number of amides is 4. The number of nitrogens with one attached hydrogen (secondary N) is 2. The van der Waals surface area contributed by atoms with Crippen molar-refractivity contribution < 1.29 is 52.8 Å². The van der Waals surface area contributed by atoms with Gasteiger partial charge < -0.3 is 54.1 Å². The summed E-state index contributed by atoms with van der Waals surface area (Å²) in [6.07, 6.45) is 1.79. The van der Waals surface area contributed by atoms with E-state index in [2.05, 4.69) is 93.4 Å². The van der Waals surface area contributed by atoms with Gasteiger partial charge in [0.2, 0.25) is 24.1 Å². The van der Waals surface area contributed by atoms with Gasteiger partial charge in [-0.05, 0) is 70.9 Å². The molecule has 1 saturated heterocycles. The fourth-order valence-electron chi connectivity index (χ4n) is 6.47. The first-order valence-corrected chi connectivity index (χ1v) is 23.6. The number of rotatable bonds is 28. The Kier molecular flexibility index (Phi) is 37.9. The first-order chi connectivity index (χ1) is 30.3. The number of aliphatic hydroxyl groups excluding tert-OH is 1. The van der Waals surface area contributed by atoms with Crippen molar-refractivity contribution in [3.63, 3.8) is 0 Å². The third-order valence-electron chi connectivity index (χ3n) is 10.5. The summed E-state index contributed by atoms with van der Waals surface area (Å²) < 4.78 is 27.5. The predicted octanol–water partition coefficient (Wildman–Crippen LogP) is 4.14. The molecule has 0 aromatic carbocycles. The topological polar surface area (TPSA) is 204 Å². The smallest absolute Gasteiger partial charge is 0.242 e. The van der Waals surface area contributed by atoms with Gasteiger partial charge in [-0.15, -0.1) is 11.3 Å². The van der Waals surface area contributed by atoms with E-state index in [1.54, 1.807) is 35.1 Å². The number of hydrogen-bond acceptors (Lipinski definition) is 14. The molecule has 0 bridgehead atoms. The number of carbonyl (C=O) groups is 4. The molecule has 376 valence electrons. The van der Waals surface area contributed by atoms with Crippen molar-refractivity contribution in [1.82, 2.24) is 25.3 Å². The standard InChI is InChI=1S/C24H44N4O7.C13H30N2O4.C5H6S.C4H10/c1-7-16(2)22(27(4)21(32)14-25-15-30)19(34-5)13-20(31)28-11-8-9-18(28)23(35-6)17(3)24(33)26-10-12-29;1-13(2,3)15(4)5-6-16-7-8-17-9-10-18-11-12-19-14;1-5-3-2-4-6-5;1-4(2)3/h15-19,22-23,29H,7-14H2,1-6H3,(H,25,30)(H,26,33);5-12,14H2,1-4H3;2-4H,1H3;4H,1-3H3. The molecule has 1 fully saturated rings. The minimum absolute atomic E-state index is 0.0503. The summed E-state index contributed by atoms with van der Waals surface area (Å²) in [6.45, 7) is 26.2. The lowest BCUT2D eigenvalue weighted by molar-refractivity contribution is -0.145. The van der Waals surface area contributed by atoms with Gasteiger partial charge in [-0.1, -0.05) is 54.0 Å². The molecule has 1 aliphatic rings. The molecule has 0 saturated carbocycles. The van der Waals surface area contributed by atoms with Crippen molar-refractivity contribution in [2.75, 3.05) is 107 Å². The lowest BCUT2D eigenvalue weighted by Crippen LogP contribution is -2.54. The summed E-state index contributed by atoms with van der Waals surface area (Å²) >= 11 is 1.78. The zero-order valence-corrected chi connectivity index (χ0v) is 42.8. The van der Waals surface area contributed by atoms with Crippen molar-refractivity contribution in [2.45, 2.75) is 125 Å². The Bertz CT molecular complexity index is 1300. The quantitative estimate of drug-likeness (QED) is 0.0531. The molecule has 1 aromatic rings. The normalized spacial score (nSPS) is 15.9. The zero-order chi connectivity index (χ0) is 49.1. The van der Waals surface area contributed by atoms with E-state index in [9.17, 15) is 19.2 Å². The Morgan fingerprint density at radius 3 is 2.00 bits per heavy atom. The first-order valence-electron chi connectivity index (χ1n) is 22.7. The summed E-state index contributed by atoms with van der Waals surface area (Å²) in [7, 11) is 6.82. The molecular formula is C46H90N6O11S. The lowest BCUT2D eigenvalue weighted by Gasteiger charge is -2.39. The van der Waals surface area contributed by atoms with Crippen LogP contribution < -0.4 is 16.5 Å². The number of aliphatic hydroxyl groups is 1. The Morgan fingerprint density at radius 1 is 0.984 bits per heavy atom. The van der Waals surface area contributed by atoms with Gasteiger partial charge in [0.1, 0.15) is 0 Å². The maximum absolute atomic E-state index is 13.5. The largest absolute Gasteiger partial charge is 0.395 e. The molecule has 4 amide bonds. The molecule has 18 heteroatoms. The third-order valence-corrected chi connectivity index (χ3v) is 11.3. The molecule has 1 aromatic heterocycles. The van der Waals surface area contributed by atoms with E-state index >= 15 is 0 Å². The second-order valence-electron chi connectivity index (χ2n) is 17.4. The van der Waals surface area contributed by atoms with E-state index in [1.165, 1.54) is 19.1 Å². The number of nitrogens with zero attached hydrogens (tertiary/aromatic N) is 3. The van der Waals surface area contributed by atoms with E-state index in [0.29, 0.717) is 59.0 Å². The number of methoxy groups -OCH3 is 2.